The van der Waals surface area contributed by atoms with Crippen molar-refractivity contribution in [2.75, 3.05) is 158 Å². The number of nitrogen functional groups attached to an aromatic ring is 1. The number of alkyl halides is 1. The van der Waals surface area contributed by atoms with E-state index in [1.165, 1.54) is 147 Å². The van der Waals surface area contributed by atoms with Gasteiger partial charge in [-0.25, -0.2) is 9.97 Å². The maximum absolute atomic E-state index is 10.8. The second-order valence-electron chi connectivity index (χ2n) is 27.6. The highest BCUT2D eigenvalue weighted by Gasteiger charge is 2.26. The number of methoxy groups -OCH3 is 5. The van der Waals surface area contributed by atoms with Gasteiger partial charge in [0.05, 0.1) is 87.8 Å². The molecule has 7 fully saturated rings. The molecular formula is C79H113BrN10O21. The largest absolute Gasteiger partial charge is 0.504 e. The van der Waals surface area contributed by atoms with Crippen LogP contribution in [0, 0.1) is 36.3 Å². The zero-order chi connectivity index (χ0) is 79.7. The van der Waals surface area contributed by atoms with Crippen molar-refractivity contribution >= 4 is 38.7 Å². The highest BCUT2D eigenvalue weighted by molar-refractivity contribution is 9.09. The predicted octanol–water partition coefficient (Wildman–Crippen LogP) is 10.8. The van der Waals surface area contributed by atoms with Crippen molar-refractivity contribution in [3.05, 3.63) is 151 Å². The van der Waals surface area contributed by atoms with Gasteiger partial charge < -0.3 is 98.3 Å². The van der Waals surface area contributed by atoms with Gasteiger partial charge in [0.15, 0.2) is 57.5 Å². The molecule has 0 bridgehead atoms. The summed E-state index contributed by atoms with van der Waals surface area (Å²) in [6.45, 7) is 13.0. The molecule has 7 aliphatic rings. The van der Waals surface area contributed by atoms with Crippen LogP contribution in [0.2, 0.25) is 0 Å². The number of nitrogens with one attached hydrogen (secondary N) is 1. The summed E-state index contributed by atoms with van der Waals surface area (Å²) in [5, 5.41) is 75.4. The Hall–Kier alpha value is -8.70. The van der Waals surface area contributed by atoms with E-state index in [0.717, 1.165) is 113 Å². The van der Waals surface area contributed by atoms with E-state index in [4.69, 9.17) is 67.9 Å². The number of ether oxygens (including phenoxy) is 11. The molecule has 612 valence electrons. The molecule has 0 radical (unpaired) electrons. The Labute approximate surface area is 658 Å². The first kappa shape index (κ1) is 89.5. The summed E-state index contributed by atoms with van der Waals surface area (Å²) in [5.41, 5.74) is 8.26. The van der Waals surface area contributed by atoms with Gasteiger partial charge in [-0.05, 0) is 177 Å². The molecule has 5 unspecified atom stereocenters. The smallest absolute Gasteiger partial charge is 0.273 e. The number of phenols is 1. The van der Waals surface area contributed by atoms with Gasteiger partial charge in [-0.3, -0.25) is 30.3 Å². The average Bonchev–Trinajstić information content (AvgIpc) is 1.37. The minimum absolute atomic E-state index is 0.0208. The van der Waals surface area contributed by atoms with E-state index in [0.29, 0.717) is 91.3 Å². The third-order valence-electron chi connectivity index (χ3n) is 18.8. The fourth-order valence-corrected chi connectivity index (χ4v) is 13.0. The molecule has 31 nitrogen and oxygen atoms in total. The molecule has 13 rings (SSSR count). The van der Waals surface area contributed by atoms with Crippen molar-refractivity contribution in [3.63, 3.8) is 0 Å². The van der Waals surface area contributed by atoms with Crippen LogP contribution in [0.25, 0.3) is 0 Å². The summed E-state index contributed by atoms with van der Waals surface area (Å²) in [6.07, 6.45) is 20.9. The number of hydrogen-bond donors (Lipinski definition) is 6. The number of anilines is 1. The van der Waals surface area contributed by atoms with Gasteiger partial charge in [-0.1, -0.05) is 54.1 Å². The lowest BCUT2D eigenvalue weighted by Crippen LogP contribution is -2.33. The number of nitrogens with zero attached hydrogens (tertiary/aromatic N) is 8. The molecule has 6 aromatic rings. The lowest BCUT2D eigenvalue weighted by molar-refractivity contribution is -0.385. The number of nitro groups is 3. The van der Waals surface area contributed by atoms with Gasteiger partial charge in [-0.15, -0.1) is 0 Å². The Morgan fingerprint density at radius 3 is 1.32 bits per heavy atom. The Bertz CT molecular complexity index is 3700. The summed E-state index contributed by atoms with van der Waals surface area (Å²) in [4.78, 5) is 46.0. The number of halogens is 1. The summed E-state index contributed by atoms with van der Waals surface area (Å²) in [6, 6.07) is 25.2. The molecule has 5 atom stereocenters. The van der Waals surface area contributed by atoms with Crippen molar-refractivity contribution in [1.82, 2.24) is 30.0 Å². The number of β-amino-alcohol motifs (C(OH)–C–C–N with tert-alkyl or cyclic N) is 3. The number of nitrogens with two attached hydrogens (primary N) is 1. The lowest BCUT2D eigenvalue weighted by Gasteiger charge is -2.22. The van der Waals surface area contributed by atoms with Crippen LogP contribution in [0.4, 0.5) is 22.7 Å². The van der Waals surface area contributed by atoms with Gasteiger partial charge in [-0.2, -0.15) is 0 Å². The number of piperidine rings is 1. The number of hydrogen-bond acceptors (Lipinski definition) is 28. The van der Waals surface area contributed by atoms with Crippen LogP contribution >= 0.6 is 15.9 Å². The zero-order valence-electron chi connectivity index (χ0n) is 64.6. The fourth-order valence-electron chi connectivity index (χ4n) is 12.6. The molecule has 0 amide bonds. The number of aromatic hydroxyl groups is 1. The number of rotatable bonds is 32. The summed E-state index contributed by atoms with van der Waals surface area (Å²) in [5.74, 6) is 5.66. The first-order chi connectivity index (χ1) is 53.8. The highest BCUT2D eigenvalue weighted by atomic mass is 79.9. The van der Waals surface area contributed by atoms with E-state index in [1.54, 1.807) is 32.4 Å². The number of benzene rings is 5. The zero-order valence-corrected chi connectivity index (χ0v) is 66.2. The van der Waals surface area contributed by atoms with Gasteiger partial charge in [0.2, 0.25) is 0 Å². The van der Waals surface area contributed by atoms with Crippen molar-refractivity contribution < 1.29 is 87.3 Å². The molecule has 6 aliphatic heterocycles. The Balaban J connectivity index is 0.000000193. The van der Waals surface area contributed by atoms with Gasteiger partial charge >= 0.3 is 0 Å². The number of likely N-dealkylation sites (tertiary alicyclic amines) is 3. The van der Waals surface area contributed by atoms with Crippen molar-refractivity contribution in [2.45, 2.75) is 133 Å². The van der Waals surface area contributed by atoms with Crippen LogP contribution < -0.4 is 53.7 Å². The summed E-state index contributed by atoms with van der Waals surface area (Å²) >= 11 is 3.25. The van der Waals surface area contributed by atoms with E-state index in [9.17, 15) is 45.7 Å². The lowest BCUT2D eigenvalue weighted by atomic mass is 9.92. The van der Waals surface area contributed by atoms with Crippen LogP contribution in [-0.2, 0) is 22.3 Å². The number of epoxide rings is 2. The summed E-state index contributed by atoms with van der Waals surface area (Å²) < 4.78 is 57.7. The monoisotopic (exact) mass is 1620 g/mol. The van der Waals surface area contributed by atoms with E-state index in [1.807, 2.05) is 30.5 Å². The first-order valence-corrected chi connectivity index (χ1v) is 39.2. The molecule has 32 heteroatoms. The minimum Gasteiger partial charge on any atom is -0.504 e. The molecular weight excluding hydrogens is 1500 g/mol. The maximum Gasteiger partial charge on any atom is 0.273 e. The second kappa shape index (κ2) is 49.6. The molecule has 0 spiro atoms. The predicted molar refractivity (Wildman–Crippen MR) is 423 cm³/mol. The second-order valence-corrected chi connectivity index (χ2v) is 28.3. The molecule has 111 heavy (non-hydrogen) atoms. The number of aryl methyl sites for hydroxylation is 1. The van der Waals surface area contributed by atoms with E-state index < -0.39 is 33.1 Å². The van der Waals surface area contributed by atoms with Crippen LogP contribution in [-0.4, -0.2) is 243 Å². The molecule has 5 aromatic carbocycles. The van der Waals surface area contributed by atoms with Crippen LogP contribution in [0.1, 0.15) is 107 Å². The SMILES string of the molecule is BrCC1CO1.C1CCCC1.COc1ccc(Cc2nccc(CCC3CCNCC3)n2)cc1OCC(O)CN1CCCC1.COc1ccc(N)cc1OCC(O)CN1CCCC1.COc1ccc([N+](=O)[O-])cc1O.COc1ccc([N+](=O)[O-])cc1OCC(O)CN1CCCC1.COc1ccc([N+](=O)[O-])cc1OCC1CO1. The van der Waals surface area contributed by atoms with Crippen molar-refractivity contribution in [2.24, 2.45) is 5.92 Å². The Morgan fingerprint density at radius 1 is 0.523 bits per heavy atom. The molecule has 1 aromatic heterocycles. The van der Waals surface area contributed by atoms with Crippen LogP contribution in [0.3, 0.4) is 0 Å². The third kappa shape index (κ3) is 34.0. The van der Waals surface area contributed by atoms with Crippen LogP contribution in [0.15, 0.2) is 103 Å². The third-order valence-corrected chi connectivity index (χ3v) is 19.6. The number of nitro benzene ring substituents is 3. The molecule has 7 heterocycles. The Kier molecular flexibility index (Phi) is 40.0. The molecule has 7 N–H and O–H groups in total. The van der Waals surface area contributed by atoms with E-state index in [-0.39, 0.29) is 60.2 Å². The Morgan fingerprint density at radius 2 is 0.919 bits per heavy atom. The minimum atomic E-state index is -0.632. The van der Waals surface area contributed by atoms with Crippen molar-refractivity contribution in [3.8, 4) is 57.5 Å². The van der Waals surface area contributed by atoms with Crippen molar-refractivity contribution in [1.29, 1.82) is 0 Å². The number of non-ortho nitro benzene ring substituents is 3. The van der Waals surface area contributed by atoms with Gasteiger partial charge in [0, 0.05) is 73.2 Å². The topological polar surface area (TPSA) is 392 Å². The number of aliphatic hydroxyl groups is 3. The number of phenolic OH excluding ortho intramolecular Hbond substituents is 1. The maximum atomic E-state index is 10.8. The number of aromatic nitrogens is 2. The first-order valence-electron chi connectivity index (χ1n) is 38.1. The highest BCUT2D eigenvalue weighted by Crippen LogP contribution is 2.35. The quantitative estimate of drug-likeness (QED) is 0.00751. The van der Waals surface area contributed by atoms with E-state index in [2.05, 4.69) is 40.9 Å². The molecule has 6 saturated heterocycles. The fraction of sp³-hybridized carbons (Fsp3) is 0.570. The van der Waals surface area contributed by atoms with E-state index >= 15 is 0 Å². The van der Waals surface area contributed by atoms with Gasteiger partial charge in [0.1, 0.15) is 56.7 Å². The van der Waals surface area contributed by atoms with Gasteiger partial charge in [0.25, 0.3) is 17.1 Å². The average molecular weight is 1620 g/mol. The molecule has 1 saturated carbocycles. The molecule has 1 aliphatic carbocycles. The standard InChI is InChI=1S/C26H38N4O3.C14H20N2O5.C14H22N2O3.C10H11NO5.C7H7NO4.C5H10.C3H5BrO/c1-32-24-7-5-21(16-25(24)33-19-23(31)18-30-14-2-3-15-30)17-26-28-13-10-22(29-26)6-4-20-8-11-27-12-9-20;1-20-13-5-4-11(16(18)19)8-14(13)21-10-12(17)9-15-6-2-3-7-15;1-18-13-5-4-11(15)8-14(13)19-10-12(17)9-16-6-2-3-7-16;1-14-9-3-2-7(11(12)13)4-10(9)16-6-8-5-15-8;1-12-7-3-2-5(8(10)11)4-6(7)9;1-2-4-5-3-1;4-1-3-2-5-3/h5,7,10,13,16,20,23,27,31H,2-4,6,8-9,11-12,14-15,17-19H2,1H3;4-5,8,12,17H,2-3,6-7,9-10H2,1H3;4-5,8,12,17H,2-3,6-7,9-10,15H2,1H3;2-4,8H,5-6H2,1H3;2-4,9H,1H3;1-5H2;3H,1-2H2. The normalized spacial score (nSPS) is 17.8. The number of aliphatic hydroxyl groups excluding tert-OH is 3. The summed E-state index contributed by atoms with van der Waals surface area (Å²) in [7, 11) is 7.55. The van der Waals surface area contributed by atoms with Crippen LogP contribution in [0.5, 0.6) is 57.5 Å².